The van der Waals surface area contributed by atoms with Gasteiger partial charge in [-0.15, -0.1) is 0 Å². The first-order valence-corrected chi connectivity index (χ1v) is 9.65. The van der Waals surface area contributed by atoms with Crippen molar-refractivity contribution in [3.63, 3.8) is 0 Å². The number of fused-ring (bicyclic) bond motifs is 2. The fourth-order valence-electron chi connectivity index (χ4n) is 4.31. The third-order valence-electron chi connectivity index (χ3n) is 5.83. The summed E-state index contributed by atoms with van der Waals surface area (Å²) in [5.41, 5.74) is 4.49. The number of nitrogens with one attached hydrogen (secondary N) is 1. The van der Waals surface area contributed by atoms with Gasteiger partial charge in [-0.2, -0.15) is 0 Å². The van der Waals surface area contributed by atoms with Crippen LogP contribution in [0.4, 0.5) is 0 Å². The number of nitrogens with zero attached hydrogens (tertiary/aromatic N) is 2. The SMILES string of the molecule is Cc1ncc(-c2ccc3c(c2)CN(C2CCC(=O)NC2=O)C3=O)c2ccccc12. The zero-order valence-corrected chi connectivity index (χ0v) is 15.9. The summed E-state index contributed by atoms with van der Waals surface area (Å²) in [6, 6.07) is 13.3. The van der Waals surface area contributed by atoms with Crippen molar-refractivity contribution in [2.75, 3.05) is 0 Å². The highest BCUT2D eigenvalue weighted by Crippen LogP contribution is 2.34. The summed E-state index contributed by atoms with van der Waals surface area (Å²) >= 11 is 0. The predicted octanol–water partition coefficient (Wildman–Crippen LogP) is 2.97. The summed E-state index contributed by atoms with van der Waals surface area (Å²) in [5, 5.41) is 4.56. The normalized spacial score (nSPS) is 18.9. The van der Waals surface area contributed by atoms with Crippen molar-refractivity contribution in [3.05, 3.63) is 65.5 Å². The molecule has 6 nitrogen and oxygen atoms in total. The molecule has 2 aliphatic heterocycles. The number of carbonyl (C=O) groups excluding carboxylic acids is 3. The molecule has 144 valence electrons. The number of aromatic nitrogens is 1. The third kappa shape index (κ3) is 2.79. The molecule has 6 heteroatoms. The van der Waals surface area contributed by atoms with Gasteiger partial charge in [0.2, 0.25) is 11.8 Å². The van der Waals surface area contributed by atoms with Crippen molar-refractivity contribution in [1.29, 1.82) is 0 Å². The number of imide groups is 1. The smallest absolute Gasteiger partial charge is 0.255 e. The van der Waals surface area contributed by atoms with Crippen LogP contribution in [0.3, 0.4) is 0 Å². The number of carbonyl (C=O) groups is 3. The molecule has 0 spiro atoms. The van der Waals surface area contributed by atoms with Crippen LogP contribution in [0, 0.1) is 6.92 Å². The molecule has 0 bridgehead atoms. The molecule has 29 heavy (non-hydrogen) atoms. The molecule has 3 amide bonds. The van der Waals surface area contributed by atoms with Crippen LogP contribution < -0.4 is 5.32 Å². The zero-order chi connectivity index (χ0) is 20.1. The summed E-state index contributed by atoms with van der Waals surface area (Å²) in [7, 11) is 0. The Kier molecular flexibility index (Phi) is 3.94. The molecule has 1 fully saturated rings. The molecule has 1 atom stereocenters. The van der Waals surface area contributed by atoms with Gasteiger partial charge in [0.05, 0.1) is 0 Å². The number of amides is 3. The van der Waals surface area contributed by atoms with Crippen molar-refractivity contribution in [1.82, 2.24) is 15.2 Å². The van der Waals surface area contributed by atoms with Crippen LogP contribution in [0.25, 0.3) is 21.9 Å². The molecular weight excluding hydrogens is 366 g/mol. The zero-order valence-electron chi connectivity index (χ0n) is 15.9. The van der Waals surface area contributed by atoms with Gasteiger partial charge in [-0.1, -0.05) is 30.3 Å². The summed E-state index contributed by atoms with van der Waals surface area (Å²) < 4.78 is 0. The molecule has 1 aromatic heterocycles. The maximum atomic E-state index is 12.9. The molecule has 3 heterocycles. The average Bonchev–Trinajstić information content (AvgIpc) is 3.04. The molecule has 0 radical (unpaired) electrons. The Hall–Kier alpha value is -3.54. The van der Waals surface area contributed by atoms with Gasteiger partial charge in [0, 0.05) is 41.4 Å². The second-order valence-electron chi connectivity index (χ2n) is 7.57. The van der Waals surface area contributed by atoms with E-state index in [0.29, 0.717) is 18.5 Å². The Bertz CT molecular complexity index is 1200. The van der Waals surface area contributed by atoms with Gasteiger partial charge in [-0.05, 0) is 42.0 Å². The molecule has 0 saturated carbocycles. The van der Waals surface area contributed by atoms with E-state index in [4.69, 9.17) is 0 Å². The van der Waals surface area contributed by atoms with Crippen LogP contribution in [0.15, 0.2) is 48.7 Å². The van der Waals surface area contributed by atoms with Gasteiger partial charge in [0.1, 0.15) is 6.04 Å². The van der Waals surface area contributed by atoms with E-state index in [9.17, 15) is 14.4 Å². The van der Waals surface area contributed by atoms with E-state index in [0.717, 1.165) is 33.2 Å². The topological polar surface area (TPSA) is 79.4 Å². The Balaban J connectivity index is 1.52. The summed E-state index contributed by atoms with van der Waals surface area (Å²) in [6.07, 6.45) is 2.49. The highest BCUT2D eigenvalue weighted by atomic mass is 16.2. The van der Waals surface area contributed by atoms with Crippen LogP contribution in [-0.2, 0) is 16.1 Å². The number of aryl methyl sites for hydroxylation is 1. The van der Waals surface area contributed by atoms with Crippen molar-refractivity contribution >= 4 is 28.5 Å². The molecule has 1 N–H and O–H groups in total. The number of hydrogen-bond donors (Lipinski definition) is 1. The average molecular weight is 385 g/mol. The Labute approximate surface area is 167 Å². The minimum Gasteiger partial charge on any atom is -0.322 e. The van der Waals surface area contributed by atoms with Gasteiger partial charge in [-0.25, -0.2) is 0 Å². The Morgan fingerprint density at radius 1 is 1.03 bits per heavy atom. The van der Waals surface area contributed by atoms with Crippen LogP contribution in [0.5, 0.6) is 0 Å². The molecule has 0 aliphatic carbocycles. The Morgan fingerprint density at radius 2 is 1.83 bits per heavy atom. The van der Waals surface area contributed by atoms with Crippen LogP contribution in [0.1, 0.15) is 34.5 Å². The second-order valence-corrected chi connectivity index (χ2v) is 7.57. The first kappa shape index (κ1) is 17.6. The van der Waals surface area contributed by atoms with E-state index in [-0.39, 0.29) is 18.2 Å². The highest BCUT2D eigenvalue weighted by Gasteiger charge is 2.39. The number of hydrogen-bond acceptors (Lipinski definition) is 4. The van der Waals surface area contributed by atoms with Crippen molar-refractivity contribution < 1.29 is 14.4 Å². The number of pyridine rings is 1. The summed E-state index contributed by atoms with van der Waals surface area (Å²) in [6.45, 7) is 2.36. The summed E-state index contributed by atoms with van der Waals surface area (Å²) in [4.78, 5) is 42.6. The van der Waals surface area contributed by atoms with Gasteiger partial charge in [-0.3, -0.25) is 24.7 Å². The molecule has 1 unspecified atom stereocenters. The fraction of sp³-hybridized carbons (Fsp3) is 0.217. The molecule has 2 aromatic carbocycles. The van der Waals surface area contributed by atoms with E-state index in [1.54, 1.807) is 4.90 Å². The number of benzene rings is 2. The van der Waals surface area contributed by atoms with Gasteiger partial charge in [0.25, 0.3) is 5.91 Å². The maximum Gasteiger partial charge on any atom is 0.255 e. The van der Waals surface area contributed by atoms with Crippen molar-refractivity contribution in [2.24, 2.45) is 0 Å². The summed E-state index contributed by atoms with van der Waals surface area (Å²) in [5.74, 6) is -0.833. The number of piperidine rings is 1. The van der Waals surface area contributed by atoms with Crippen LogP contribution in [-0.4, -0.2) is 33.6 Å². The van der Waals surface area contributed by atoms with Gasteiger partial charge >= 0.3 is 0 Å². The molecule has 1 saturated heterocycles. The van der Waals surface area contributed by atoms with Crippen molar-refractivity contribution in [2.45, 2.75) is 32.4 Å². The lowest BCUT2D eigenvalue weighted by Gasteiger charge is -2.29. The van der Waals surface area contributed by atoms with E-state index >= 15 is 0 Å². The largest absolute Gasteiger partial charge is 0.322 e. The molecule has 3 aromatic rings. The van der Waals surface area contributed by atoms with Gasteiger partial charge < -0.3 is 4.90 Å². The minimum absolute atomic E-state index is 0.159. The monoisotopic (exact) mass is 385 g/mol. The van der Waals surface area contributed by atoms with Crippen molar-refractivity contribution in [3.8, 4) is 11.1 Å². The Morgan fingerprint density at radius 3 is 2.62 bits per heavy atom. The lowest BCUT2D eigenvalue weighted by Crippen LogP contribution is -2.52. The predicted molar refractivity (Wildman–Crippen MR) is 108 cm³/mol. The van der Waals surface area contributed by atoms with Crippen LogP contribution in [0.2, 0.25) is 0 Å². The quantitative estimate of drug-likeness (QED) is 0.688. The lowest BCUT2D eigenvalue weighted by atomic mass is 9.97. The van der Waals surface area contributed by atoms with Crippen LogP contribution >= 0.6 is 0 Å². The molecule has 5 rings (SSSR count). The second kappa shape index (κ2) is 6.51. The molecular formula is C23H19N3O3. The van der Waals surface area contributed by atoms with E-state index in [1.165, 1.54) is 0 Å². The molecule has 2 aliphatic rings. The highest BCUT2D eigenvalue weighted by molar-refractivity contribution is 6.06. The van der Waals surface area contributed by atoms with Gasteiger partial charge in [0.15, 0.2) is 0 Å². The maximum absolute atomic E-state index is 12.9. The van der Waals surface area contributed by atoms with E-state index in [2.05, 4.69) is 22.4 Å². The lowest BCUT2D eigenvalue weighted by molar-refractivity contribution is -0.136. The van der Waals surface area contributed by atoms with E-state index in [1.807, 2.05) is 43.5 Å². The van der Waals surface area contributed by atoms with E-state index < -0.39 is 11.9 Å². The fourth-order valence-corrected chi connectivity index (χ4v) is 4.31. The first-order chi connectivity index (χ1) is 14.0. The standard InChI is InChI=1S/C23H19N3O3/c1-13-16-4-2-3-5-18(16)19(11-24-13)14-6-7-17-15(10-14)12-26(23(17)29)20-8-9-21(27)25-22(20)28/h2-7,10-11,20H,8-9,12H2,1H3,(H,25,27,28). The minimum atomic E-state index is -0.599. The third-order valence-corrected chi connectivity index (χ3v) is 5.83. The first-order valence-electron chi connectivity index (χ1n) is 9.65. The number of rotatable bonds is 2.